The number of rotatable bonds is 7. The number of ether oxygens (including phenoxy) is 1. The van der Waals surface area contributed by atoms with Crippen LogP contribution in [0.1, 0.15) is 43.5 Å². The molecule has 1 aromatic heterocycles. The largest absolute Gasteiger partial charge is 0.390 e. The number of aliphatic hydroxyl groups is 1. The van der Waals surface area contributed by atoms with Crippen molar-refractivity contribution >= 4 is 11.7 Å². The molecule has 1 aromatic rings. The first-order chi connectivity index (χ1) is 11.8. The van der Waals surface area contributed by atoms with Crippen LogP contribution in [-0.4, -0.2) is 66.9 Å². The van der Waals surface area contributed by atoms with Crippen LogP contribution in [0.25, 0.3) is 0 Å². The van der Waals surface area contributed by atoms with E-state index < -0.39 is 5.60 Å². The lowest BCUT2D eigenvalue weighted by Gasteiger charge is -2.32. The van der Waals surface area contributed by atoms with Crippen molar-refractivity contribution in [3.8, 4) is 0 Å². The summed E-state index contributed by atoms with van der Waals surface area (Å²) in [6.07, 6.45) is 4.44. The summed E-state index contributed by atoms with van der Waals surface area (Å²) in [7, 11) is 3.65. The van der Waals surface area contributed by atoms with Crippen molar-refractivity contribution in [3.05, 3.63) is 23.9 Å². The zero-order valence-corrected chi connectivity index (χ0v) is 15.9. The van der Waals surface area contributed by atoms with Crippen molar-refractivity contribution in [3.63, 3.8) is 0 Å². The van der Waals surface area contributed by atoms with Gasteiger partial charge in [-0.1, -0.05) is 0 Å². The smallest absolute Gasteiger partial charge is 0.255 e. The number of hydrogen-bond acceptors (Lipinski definition) is 5. The molecule has 6 heteroatoms. The number of aromatic nitrogens is 1. The Hall–Kier alpha value is -1.66. The van der Waals surface area contributed by atoms with Crippen molar-refractivity contribution in [1.82, 2.24) is 9.88 Å². The minimum absolute atomic E-state index is 0.0407. The zero-order valence-electron chi connectivity index (χ0n) is 15.9. The number of carbonyl (C=O) groups is 1. The minimum atomic E-state index is -0.697. The van der Waals surface area contributed by atoms with Gasteiger partial charge in [0.1, 0.15) is 5.82 Å². The Morgan fingerprint density at radius 3 is 2.84 bits per heavy atom. The molecule has 6 nitrogen and oxygen atoms in total. The van der Waals surface area contributed by atoms with Gasteiger partial charge in [-0.05, 0) is 51.2 Å². The molecule has 1 N–H and O–H groups in total. The quantitative estimate of drug-likeness (QED) is 0.817. The maximum atomic E-state index is 12.7. The Labute approximate surface area is 150 Å². The van der Waals surface area contributed by atoms with Crippen LogP contribution in [0.3, 0.4) is 0 Å². The Morgan fingerprint density at radius 2 is 2.24 bits per heavy atom. The molecule has 0 radical (unpaired) electrons. The standard InChI is InChI=1S/C19H31N3O3/c1-19(2,24)9-11-21(3)17-8-7-16(12-20-17)18(23)22-10-5-6-15(13-22)14-25-4/h7-8,12,15,24H,5-6,9-11,13-14H2,1-4H3. The lowest BCUT2D eigenvalue weighted by Crippen LogP contribution is -2.41. The van der Waals surface area contributed by atoms with E-state index in [0.29, 0.717) is 31.1 Å². The number of methoxy groups -OCH3 is 1. The van der Waals surface area contributed by atoms with Crippen molar-refractivity contribution < 1.29 is 14.6 Å². The molecular weight excluding hydrogens is 318 g/mol. The van der Waals surface area contributed by atoms with Gasteiger partial charge in [-0.25, -0.2) is 4.98 Å². The first kappa shape index (κ1) is 19.7. The molecule has 2 rings (SSSR count). The van der Waals surface area contributed by atoms with Gasteiger partial charge in [-0.3, -0.25) is 4.79 Å². The summed E-state index contributed by atoms with van der Waals surface area (Å²) in [5, 5.41) is 9.83. The second-order valence-electron chi connectivity index (χ2n) is 7.60. The second kappa shape index (κ2) is 8.63. The minimum Gasteiger partial charge on any atom is -0.390 e. The molecule has 0 spiro atoms. The maximum absolute atomic E-state index is 12.7. The Kier molecular flexibility index (Phi) is 6.79. The summed E-state index contributed by atoms with van der Waals surface area (Å²) in [6.45, 7) is 6.55. The fourth-order valence-electron chi connectivity index (χ4n) is 3.10. The van der Waals surface area contributed by atoms with E-state index in [0.717, 1.165) is 31.7 Å². The third-order valence-corrected chi connectivity index (χ3v) is 4.65. The Balaban J connectivity index is 1.95. The molecule has 1 aliphatic heterocycles. The van der Waals surface area contributed by atoms with E-state index in [1.54, 1.807) is 27.2 Å². The van der Waals surface area contributed by atoms with E-state index in [2.05, 4.69) is 4.98 Å². The highest BCUT2D eigenvalue weighted by molar-refractivity contribution is 5.94. The van der Waals surface area contributed by atoms with Crippen LogP contribution in [-0.2, 0) is 4.74 Å². The molecule has 0 bridgehead atoms. The molecule has 2 heterocycles. The van der Waals surface area contributed by atoms with Gasteiger partial charge >= 0.3 is 0 Å². The summed E-state index contributed by atoms with van der Waals surface area (Å²) < 4.78 is 5.23. The maximum Gasteiger partial charge on any atom is 0.255 e. The normalized spacial score (nSPS) is 18.3. The second-order valence-corrected chi connectivity index (χ2v) is 7.60. The van der Waals surface area contributed by atoms with Crippen LogP contribution in [0.4, 0.5) is 5.82 Å². The van der Waals surface area contributed by atoms with E-state index >= 15 is 0 Å². The summed E-state index contributed by atoms with van der Waals surface area (Å²) >= 11 is 0. The fourth-order valence-corrected chi connectivity index (χ4v) is 3.10. The molecule has 1 amide bonds. The van der Waals surface area contributed by atoms with E-state index in [1.165, 1.54) is 0 Å². The molecule has 1 atom stereocenters. The Morgan fingerprint density at radius 1 is 1.48 bits per heavy atom. The number of amides is 1. The number of piperidine rings is 1. The average molecular weight is 349 g/mol. The molecule has 1 unspecified atom stereocenters. The highest BCUT2D eigenvalue weighted by Crippen LogP contribution is 2.20. The number of hydrogen-bond donors (Lipinski definition) is 1. The topological polar surface area (TPSA) is 65.9 Å². The van der Waals surface area contributed by atoms with Crippen molar-refractivity contribution in [2.45, 2.75) is 38.7 Å². The number of pyridine rings is 1. The molecule has 0 saturated carbocycles. The van der Waals surface area contributed by atoms with Crippen LogP contribution in [0.5, 0.6) is 0 Å². The molecule has 0 aromatic carbocycles. The van der Waals surface area contributed by atoms with Crippen LogP contribution in [0.2, 0.25) is 0 Å². The third kappa shape index (κ3) is 5.97. The van der Waals surface area contributed by atoms with Crippen molar-refractivity contribution in [2.24, 2.45) is 5.92 Å². The predicted octanol–water partition coefficient (Wildman–Crippen LogP) is 2.18. The number of carbonyl (C=O) groups excluding carboxylic acids is 1. The molecule has 1 saturated heterocycles. The average Bonchev–Trinajstić information content (AvgIpc) is 2.59. The molecule has 0 aliphatic carbocycles. The van der Waals surface area contributed by atoms with Crippen molar-refractivity contribution in [1.29, 1.82) is 0 Å². The van der Waals surface area contributed by atoms with E-state index in [9.17, 15) is 9.90 Å². The highest BCUT2D eigenvalue weighted by atomic mass is 16.5. The fraction of sp³-hybridized carbons (Fsp3) is 0.684. The number of nitrogens with zero attached hydrogens (tertiary/aromatic N) is 3. The van der Waals surface area contributed by atoms with Crippen LogP contribution in [0, 0.1) is 5.92 Å². The van der Waals surface area contributed by atoms with Crippen LogP contribution >= 0.6 is 0 Å². The molecule has 25 heavy (non-hydrogen) atoms. The monoisotopic (exact) mass is 349 g/mol. The lowest BCUT2D eigenvalue weighted by molar-refractivity contribution is 0.0570. The summed E-state index contributed by atoms with van der Waals surface area (Å²) in [5.74, 6) is 1.26. The van der Waals surface area contributed by atoms with Crippen molar-refractivity contribution in [2.75, 3.05) is 45.3 Å². The van der Waals surface area contributed by atoms with Gasteiger partial charge in [-0.15, -0.1) is 0 Å². The lowest BCUT2D eigenvalue weighted by atomic mass is 9.98. The van der Waals surface area contributed by atoms with Crippen LogP contribution < -0.4 is 4.90 Å². The van der Waals surface area contributed by atoms with Gasteiger partial charge in [0.25, 0.3) is 5.91 Å². The molecule has 1 aliphatic rings. The number of likely N-dealkylation sites (tertiary alicyclic amines) is 1. The van der Waals surface area contributed by atoms with E-state index in [1.807, 2.05) is 29.0 Å². The summed E-state index contributed by atoms with van der Waals surface area (Å²) in [6, 6.07) is 3.71. The third-order valence-electron chi connectivity index (χ3n) is 4.65. The van der Waals surface area contributed by atoms with E-state index in [-0.39, 0.29) is 5.91 Å². The molecule has 140 valence electrons. The first-order valence-corrected chi connectivity index (χ1v) is 8.98. The highest BCUT2D eigenvalue weighted by Gasteiger charge is 2.24. The number of anilines is 1. The molecule has 1 fully saturated rings. The van der Waals surface area contributed by atoms with Gasteiger partial charge in [0, 0.05) is 40.0 Å². The van der Waals surface area contributed by atoms with Gasteiger partial charge in [-0.2, -0.15) is 0 Å². The summed E-state index contributed by atoms with van der Waals surface area (Å²) in [5.41, 5.74) is -0.0744. The zero-order chi connectivity index (χ0) is 18.4. The van der Waals surface area contributed by atoms with E-state index in [4.69, 9.17) is 4.74 Å². The molecular formula is C19H31N3O3. The SMILES string of the molecule is COCC1CCCN(C(=O)c2ccc(N(C)CCC(C)(C)O)nc2)C1. The van der Waals surface area contributed by atoms with Gasteiger partial charge in [0.2, 0.25) is 0 Å². The Bertz CT molecular complexity index is 552. The van der Waals surface area contributed by atoms with Gasteiger partial charge in [0.05, 0.1) is 17.8 Å². The van der Waals surface area contributed by atoms with Crippen LogP contribution in [0.15, 0.2) is 18.3 Å². The van der Waals surface area contributed by atoms with Gasteiger partial charge < -0.3 is 19.6 Å². The van der Waals surface area contributed by atoms with Gasteiger partial charge in [0.15, 0.2) is 0 Å². The first-order valence-electron chi connectivity index (χ1n) is 8.98. The predicted molar refractivity (Wildman–Crippen MR) is 98.9 cm³/mol. The summed E-state index contributed by atoms with van der Waals surface area (Å²) in [4.78, 5) is 21.0.